The lowest BCUT2D eigenvalue weighted by Crippen LogP contribution is -2.36. The van der Waals surface area contributed by atoms with Crippen molar-refractivity contribution in [2.24, 2.45) is 4.99 Å². The zero-order valence-corrected chi connectivity index (χ0v) is 12.2. The van der Waals surface area contributed by atoms with Crippen LogP contribution in [0.1, 0.15) is 25.5 Å². The molecule has 1 aliphatic rings. The molecule has 0 bridgehead atoms. The van der Waals surface area contributed by atoms with Crippen molar-refractivity contribution in [3.05, 3.63) is 41.5 Å². The Bertz CT molecular complexity index is 627. The van der Waals surface area contributed by atoms with Crippen LogP contribution in [0.4, 0.5) is 0 Å². The Kier molecular flexibility index (Phi) is 3.97. The number of nitrogens with zero attached hydrogens (tertiary/aromatic N) is 1. The topological polar surface area (TPSA) is 49.6 Å². The molecule has 0 atom stereocenters. The first kappa shape index (κ1) is 13.1. The molecule has 0 radical (unpaired) electrons. The second-order valence-corrected chi connectivity index (χ2v) is 5.45. The minimum absolute atomic E-state index is 0.832. The molecule has 4 nitrogen and oxygen atoms in total. The number of hydrogen-bond donors (Lipinski definition) is 2. The highest BCUT2D eigenvalue weighted by Gasteiger charge is 2.13. The first-order valence-corrected chi connectivity index (χ1v) is 7.67. The predicted molar refractivity (Wildman–Crippen MR) is 85.3 cm³/mol. The minimum Gasteiger partial charge on any atom is -0.454 e. The van der Waals surface area contributed by atoms with E-state index in [9.17, 15) is 0 Å². The second kappa shape index (κ2) is 6.05. The van der Waals surface area contributed by atoms with Crippen molar-refractivity contribution in [2.75, 3.05) is 6.54 Å². The molecule has 3 rings (SSSR count). The molecule has 0 amide bonds. The third kappa shape index (κ3) is 2.82. The average Bonchev–Trinajstić information content (AvgIpc) is 2.92. The Labute approximate surface area is 122 Å². The molecule has 0 saturated carbocycles. The van der Waals surface area contributed by atoms with Gasteiger partial charge in [0, 0.05) is 17.3 Å². The SMILES string of the molecule is CCCCN=C1NNC(c2cc3ccccc3o2)=CS1. The fourth-order valence-corrected chi connectivity index (χ4v) is 2.62. The van der Waals surface area contributed by atoms with E-state index in [1.807, 2.05) is 35.7 Å². The van der Waals surface area contributed by atoms with E-state index in [1.54, 1.807) is 11.8 Å². The molecule has 2 aromatic rings. The molecular formula is C15H17N3OS. The zero-order chi connectivity index (χ0) is 13.8. The van der Waals surface area contributed by atoms with E-state index in [4.69, 9.17) is 4.42 Å². The summed E-state index contributed by atoms with van der Waals surface area (Å²) in [5.41, 5.74) is 8.08. The van der Waals surface area contributed by atoms with Crippen LogP contribution in [0.25, 0.3) is 16.7 Å². The van der Waals surface area contributed by atoms with Crippen LogP contribution in [0.5, 0.6) is 0 Å². The summed E-state index contributed by atoms with van der Waals surface area (Å²) in [6, 6.07) is 10.0. The lowest BCUT2D eigenvalue weighted by atomic mass is 10.2. The molecule has 104 valence electrons. The lowest BCUT2D eigenvalue weighted by molar-refractivity contribution is 0.589. The van der Waals surface area contributed by atoms with Crippen molar-refractivity contribution in [1.29, 1.82) is 0 Å². The van der Waals surface area contributed by atoms with Crippen molar-refractivity contribution in [2.45, 2.75) is 19.8 Å². The predicted octanol–water partition coefficient (Wildman–Crippen LogP) is 3.73. The van der Waals surface area contributed by atoms with Gasteiger partial charge in [-0.25, -0.2) is 0 Å². The van der Waals surface area contributed by atoms with E-state index in [0.717, 1.165) is 47.0 Å². The summed E-state index contributed by atoms with van der Waals surface area (Å²) < 4.78 is 5.82. The summed E-state index contributed by atoms with van der Waals surface area (Å²) in [4.78, 5) is 4.47. The summed E-state index contributed by atoms with van der Waals surface area (Å²) in [6.07, 6.45) is 2.28. The number of rotatable bonds is 4. The van der Waals surface area contributed by atoms with E-state index in [1.165, 1.54) is 0 Å². The number of hydrogen-bond acceptors (Lipinski definition) is 4. The number of unbranched alkanes of at least 4 members (excludes halogenated alkanes) is 1. The van der Waals surface area contributed by atoms with E-state index in [0.29, 0.717) is 0 Å². The maximum absolute atomic E-state index is 5.82. The Morgan fingerprint density at radius 1 is 1.25 bits per heavy atom. The van der Waals surface area contributed by atoms with Gasteiger partial charge in [-0.15, -0.1) is 0 Å². The smallest absolute Gasteiger partial charge is 0.179 e. The van der Waals surface area contributed by atoms with Crippen LogP contribution in [0, 0.1) is 0 Å². The average molecular weight is 287 g/mol. The van der Waals surface area contributed by atoms with Gasteiger partial charge in [-0.2, -0.15) is 0 Å². The third-order valence-corrected chi connectivity index (χ3v) is 3.86. The maximum Gasteiger partial charge on any atom is 0.179 e. The molecule has 0 unspecified atom stereocenters. The van der Waals surface area contributed by atoms with Crippen LogP contribution >= 0.6 is 11.8 Å². The molecule has 2 heterocycles. The van der Waals surface area contributed by atoms with Crippen molar-refractivity contribution in [1.82, 2.24) is 10.9 Å². The lowest BCUT2D eigenvalue weighted by Gasteiger charge is -2.17. The molecule has 0 fully saturated rings. The van der Waals surface area contributed by atoms with Gasteiger partial charge in [-0.05, 0) is 18.6 Å². The van der Waals surface area contributed by atoms with Crippen LogP contribution in [0.3, 0.4) is 0 Å². The normalized spacial score (nSPS) is 16.9. The number of thioether (sulfide) groups is 1. The third-order valence-electron chi connectivity index (χ3n) is 3.05. The first-order chi connectivity index (χ1) is 9.86. The summed E-state index contributed by atoms with van der Waals surface area (Å²) >= 11 is 1.58. The number of hydrazine groups is 1. The van der Waals surface area contributed by atoms with Gasteiger partial charge < -0.3 is 4.42 Å². The fourth-order valence-electron chi connectivity index (χ4n) is 1.94. The largest absolute Gasteiger partial charge is 0.454 e. The van der Waals surface area contributed by atoms with Crippen LogP contribution < -0.4 is 10.9 Å². The monoisotopic (exact) mass is 287 g/mol. The number of amidine groups is 1. The Balaban J connectivity index is 1.74. The standard InChI is InChI=1S/C15H17N3OS/c1-2-3-8-16-15-18-17-12(10-20-15)14-9-11-6-4-5-7-13(11)19-14/h4-7,9-10,17H,2-3,8H2,1H3,(H,16,18). The molecule has 0 saturated heterocycles. The Morgan fingerprint density at radius 2 is 2.15 bits per heavy atom. The second-order valence-electron chi connectivity index (χ2n) is 4.59. The molecule has 2 N–H and O–H groups in total. The van der Waals surface area contributed by atoms with Crippen LogP contribution in [0.2, 0.25) is 0 Å². The van der Waals surface area contributed by atoms with Gasteiger partial charge in [0.2, 0.25) is 0 Å². The number of aliphatic imine (C=N–C) groups is 1. The van der Waals surface area contributed by atoms with Crippen molar-refractivity contribution < 1.29 is 4.42 Å². The van der Waals surface area contributed by atoms with Crippen molar-refractivity contribution >= 4 is 33.6 Å². The molecule has 1 aromatic carbocycles. The van der Waals surface area contributed by atoms with Gasteiger partial charge in [-0.3, -0.25) is 15.8 Å². The van der Waals surface area contributed by atoms with Crippen LogP contribution in [-0.4, -0.2) is 11.7 Å². The molecule has 5 heteroatoms. The van der Waals surface area contributed by atoms with Gasteiger partial charge in [-0.1, -0.05) is 43.3 Å². The Morgan fingerprint density at radius 3 is 2.90 bits per heavy atom. The van der Waals surface area contributed by atoms with E-state index < -0.39 is 0 Å². The van der Waals surface area contributed by atoms with E-state index >= 15 is 0 Å². The summed E-state index contributed by atoms with van der Waals surface area (Å²) in [7, 11) is 0. The molecule has 1 aliphatic heterocycles. The molecule has 20 heavy (non-hydrogen) atoms. The molecule has 0 spiro atoms. The number of furan rings is 1. The minimum atomic E-state index is 0.832. The van der Waals surface area contributed by atoms with Gasteiger partial charge in [0.15, 0.2) is 10.9 Å². The van der Waals surface area contributed by atoms with E-state index in [2.05, 4.69) is 22.8 Å². The fraction of sp³-hybridized carbons (Fsp3) is 0.267. The molecular weight excluding hydrogens is 270 g/mol. The summed E-state index contributed by atoms with van der Waals surface area (Å²) in [5.74, 6) is 0.832. The quantitative estimate of drug-likeness (QED) is 0.841. The van der Waals surface area contributed by atoms with Crippen molar-refractivity contribution in [3.8, 4) is 0 Å². The van der Waals surface area contributed by atoms with Gasteiger partial charge in [0.1, 0.15) is 11.3 Å². The first-order valence-electron chi connectivity index (χ1n) is 6.79. The van der Waals surface area contributed by atoms with Crippen LogP contribution in [0.15, 0.2) is 45.1 Å². The van der Waals surface area contributed by atoms with Gasteiger partial charge in [0.05, 0.1) is 0 Å². The number of nitrogens with one attached hydrogen (secondary N) is 2. The molecule has 1 aromatic heterocycles. The highest BCUT2D eigenvalue weighted by atomic mass is 32.2. The molecule has 0 aliphatic carbocycles. The Hall–Kier alpha value is -1.88. The number of para-hydroxylation sites is 1. The number of benzene rings is 1. The summed E-state index contributed by atoms with van der Waals surface area (Å²) in [5, 5.41) is 4.04. The highest BCUT2D eigenvalue weighted by Crippen LogP contribution is 2.26. The van der Waals surface area contributed by atoms with Gasteiger partial charge in [0.25, 0.3) is 0 Å². The van der Waals surface area contributed by atoms with E-state index in [-0.39, 0.29) is 0 Å². The zero-order valence-electron chi connectivity index (χ0n) is 11.3. The maximum atomic E-state index is 5.82. The summed E-state index contributed by atoms with van der Waals surface area (Å²) in [6.45, 7) is 3.03. The van der Waals surface area contributed by atoms with Crippen molar-refractivity contribution in [3.63, 3.8) is 0 Å². The highest BCUT2D eigenvalue weighted by molar-refractivity contribution is 8.16. The van der Waals surface area contributed by atoms with Gasteiger partial charge >= 0.3 is 0 Å². The van der Waals surface area contributed by atoms with Crippen LogP contribution in [-0.2, 0) is 0 Å². The number of fused-ring (bicyclic) bond motifs is 1.